The molecule has 0 atom stereocenters. The van der Waals surface area contributed by atoms with E-state index in [1.54, 1.807) is 43.5 Å². The average Bonchev–Trinajstić information content (AvgIpc) is 2.42. The predicted molar refractivity (Wildman–Crippen MR) is 80.1 cm³/mol. The molecular formula is C14H11BrClNO2. The third-order valence-corrected chi connectivity index (χ3v) is 3.32. The van der Waals surface area contributed by atoms with Gasteiger partial charge < -0.3 is 10.1 Å². The van der Waals surface area contributed by atoms with Crippen molar-refractivity contribution in [1.82, 2.24) is 0 Å². The number of benzene rings is 2. The van der Waals surface area contributed by atoms with Gasteiger partial charge in [0.1, 0.15) is 5.75 Å². The number of carbonyl (C=O) groups is 1. The minimum Gasteiger partial charge on any atom is -0.497 e. The molecule has 98 valence electrons. The first kappa shape index (κ1) is 13.9. The Labute approximate surface area is 124 Å². The molecule has 2 rings (SSSR count). The van der Waals surface area contributed by atoms with Crippen LogP contribution in [0.25, 0.3) is 0 Å². The van der Waals surface area contributed by atoms with Gasteiger partial charge in [-0.05, 0) is 36.4 Å². The molecule has 0 saturated heterocycles. The van der Waals surface area contributed by atoms with E-state index in [0.29, 0.717) is 22.0 Å². The van der Waals surface area contributed by atoms with Crippen LogP contribution >= 0.6 is 27.5 Å². The van der Waals surface area contributed by atoms with Gasteiger partial charge in [-0.1, -0.05) is 33.6 Å². The number of hydrogen-bond donors (Lipinski definition) is 1. The lowest BCUT2D eigenvalue weighted by molar-refractivity contribution is 0.102. The maximum atomic E-state index is 12.1. The van der Waals surface area contributed by atoms with E-state index in [1.807, 2.05) is 6.07 Å². The quantitative estimate of drug-likeness (QED) is 0.901. The molecule has 2 aromatic carbocycles. The number of ether oxygens (including phenoxy) is 1. The van der Waals surface area contributed by atoms with Crippen molar-refractivity contribution < 1.29 is 9.53 Å². The maximum Gasteiger partial charge on any atom is 0.255 e. The van der Waals surface area contributed by atoms with E-state index in [2.05, 4.69) is 21.2 Å². The SMILES string of the molecule is COc1cccc(C(=O)Nc2ccc(Br)cc2Cl)c1. The zero-order valence-electron chi connectivity index (χ0n) is 10.1. The van der Waals surface area contributed by atoms with E-state index < -0.39 is 0 Å². The Balaban J connectivity index is 2.20. The molecule has 0 aliphatic carbocycles. The second-order valence-electron chi connectivity index (χ2n) is 3.81. The van der Waals surface area contributed by atoms with Gasteiger partial charge in [-0.25, -0.2) is 0 Å². The van der Waals surface area contributed by atoms with Gasteiger partial charge in [0.25, 0.3) is 5.91 Å². The fourth-order valence-corrected chi connectivity index (χ4v) is 2.27. The van der Waals surface area contributed by atoms with Crippen LogP contribution in [0.4, 0.5) is 5.69 Å². The largest absolute Gasteiger partial charge is 0.497 e. The highest BCUT2D eigenvalue weighted by molar-refractivity contribution is 9.10. The van der Waals surface area contributed by atoms with E-state index >= 15 is 0 Å². The molecule has 0 heterocycles. The monoisotopic (exact) mass is 339 g/mol. The van der Waals surface area contributed by atoms with Gasteiger partial charge in [0.15, 0.2) is 0 Å². The van der Waals surface area contributed by atoms with E-state index in [4.69, 9.17) is 16.3 Å². The summed E-state index contributed by atoms with van der Waals surface area (Å²) in [6.07, 6.45) is 0. The van der Waals surface area contributed by atoms with Crippen LogP contribution in [-0.2, 0) is 0 Å². The normalized spacial score (nSPS) is 10.1. The summed E-state index contributed by atoms with van der Waals surface area (Å²) in [7, 11) is 1.56. The topological polar surface area (TPSA) is 38.3 Å². The summed E-state index contributed by atoms with van der Waals surface area (Å²) >= 11 is 9.36. The van der Waals surface area contributed by atoms with Gasteiger partial charge in [0, 0.05) is 10.0 Å². The lowest BCUT2D eigenvalue weighted by Crippen LogP contribution is -2.12. The van der Waals surface area contributed by atoms with Crippen molar-refractivity contribution >= 4 is 39.1 Å². The van der Waals surface area contributed by atoms with Crippen molar-refractivity contribution in [3.05, 3.63) is 57.5 Å². The van der Waals surface area contributed by atoms with Gasteiger partial charge in [0.2, 0.25) is 0 Å². The molecule has 0 aliphatic rings. The summed E-state index contributed by atoms with van der Waals surface area (Å²) in [5.74, 6) is 0.401. The zero-order chi connectivity index (χ0) is 13.8. The molecule has 0 aliphatic heterocycles. The first-order chi connectivity index (χ1) is 9.10. The molecule has 0 unspecified atom stereocenters. The van der Waals surface area contributed by atoms with E-state index in [0.717, 1.165) is 4.47 Å². The molecule has 0 fully saturated rings. The summed E-state index contributed by atoms with van der Waals surface area (Å²) in [6.45, 7) is 0. The highest BCUT2D eigenvalue weighted by Crippen LogP contribution is 2.26. The van der Waals surface area contributed by atoms with Crippen LogP contribution in [0, 0.1) is 0 Å². The Morgan fingerprint density at radius 2 is 2.05 bits per heavy atom. The number of hydrogen-bond acceptors (Lipinski definition) is 2. The predicted octanol–water partition coefficient (Wildman–Crippen LogP) is 4.36. The Hall–Kier alpha value is -1.52. The van der Waals surface area contributed by atoms with Crippen molar-refractivity contribution in [1.29, 1.82) is 0 Å². The Morgan fingerprint density at radius 1 is 1.26 bits per heavy atom. The van der Waals surface area contributed by atoms with Crippen molar-refractivity contribution in [2.75, 3.05) is 12.4 Å². The van der Waals surface area contributed by atoms with E-state index in [-0.39, 0.29) is 5.91 Å². The second-order valence-corrected chi connectivity index (χ2v) is 5.13. The van der Waals surface area contributed by atoms with Crippen LogP contribution in [0.2, 0.25) is 5.02 Å². The number of methoxy groups -OCH3 is 1. The molecule has 0 spiro atoms. The number of amides is 1. The van der Waals surface area contributed by atoms with Crippen LogP contribution in [0.1, 0.15) is 10.4 Å². The first-order valence-corrected chi connectivity index (χ1v) is 6.67. The number of halogens is 2. The molecule has 3 nitrogen and oxygen atoms in total. The van der Waals surface area contributed by atoms with E-state index in [1.165, 1.54) is 0 Å². The fourth-order valence-electron chi connectivity index (χ4n) is 1.55. The summed E-state index contributed by atoms with van der Waals surface area (Å²) in [5.41, 5.74) is 1.08. The van der Waals surface area contributed by atoms with Crippen molar-refractivity contribution in [3.8, 4) is 5.75 Å². The molecular weight excluding hydrogens is 330 g/mol. The smallest absolute Gasteiger partial charge is 0.255 e. The molecule has 0 bridgehead atoms. The summed E-state index contributed by atoms with van der Waals surface area (Å²) in [6, 6.07) is 12.2. The third kappa shape index (κ3) is 3.49. The number of carbonyl (C=O) groups excluding carboxylic acids is 1. The standard InChI is InChI=1S/C14H11BrClNO2/c1-19-11-4-2-3-9(7-11)14(18)17-13-6-5-10(15)8-12(13)16/h2-8H,1H3,(H,17,18). The molecule has 19 heavy (non-hydrogen) atoms. The number of nitrogens with one attached hydrogen (secondary N) is 1. The summed E-state index contributed by atoms with van der Waals surface area (Å²) < 4.78 is 5.94. The minimum atomic E-state index is -0.233. The van der Waals surface area contributed by atoms with Crippen LogP contribution in [0.15, 0.2) is 46.9 Å². The highest BCUT2D eigenvalue weighted by Gasteiger charge is 2.09. The third-order valence-electron chi connectivity index (χ3n) is 2.51. The summed E-state index contributed by atoms with van der Waals surface area (Å²) in [5, 5.41) is 3.24. The molecule has 1 N–H and O–H groups in total. The number of rotatable bonds is 3. The van der Waals surface area contributed by atoms with Gasteiger partial charge in [-0.15, -0.1) is 0 Å². The molecule has 0 radical (unpaired) electrons. The van der Waals surface area contributed by atoms with Gasteiger partial charge in [0.05, 0.1) is 17.8 Å². The molecule has 2 aromatic rings. The first-order valence-electron chi connectivity index (χ1n) is 5.50. The molecule has 5 heteroatoms. The van der Waals surface area contributed by atoms with Crippen LogP contribution < -0.4 is 10.1 Å². The van der Waals surface area contributed by atoms with Crippen LogP contribution in [-0.4, -0.2) is 13.0 Å². The Bertz CT molecular complexity index is 616. The van der Waals surface area contributed by atoms with Gasteiger partial charge in [-0.2, -0.15) is 0 Å². The fraction of sp³-hybridized carbons (Fsp3) is 0.0714. The molecule has 1 amide bonds. The van der Waals surface area contributed by atoms with Gasteiger partial charge >= 0.3 is 0 Å². The Morgan fingerprint density at radius 3 is 2.74 bits per heavy atom. The van der Waals surface area contributed by atoms with Crippen molar-refractivity contribution in [2.45, 2.75) is 0 Å². The van der Waals surface area contributed by atoms with Crippen LogP contribution in [0.5, 0.6) is 5.75 Å². The number of anilines is 1. The lowest BCUT2D eigenvalue weighted by Gasteiger charge is -2.08. The average molecular weight is 341 g/mol. The minimum absolute atomic E-state index is 0.233. The van der Waals surface area contributed by atoms with E-state index in [9.17, 15) is 4.79 Å². The molecule has 0 saturated carbocycles. The van der Waals surface area contributed by atoms with Crippen molar-refractivity contribution in [3.63, 3.8) is 0 Å². The van der Waals surface area contributed by atoms with Crippen LogP contribution in [0.3, 0.4) is 0 Å². The maximum absolute atomic E-state index is 12.1. The van der Waals surface area contributed by atoms with Gasteiger partial charge in [-0.3, -0.25) is 4.79 Å². The second kappa shape index (κ2) is 6.08. The lowest BCUT2D eigenvalue weighted by atomic mass is 10.2. The highest BCUT2D eigenvalue weighted by atomic mass is 79.9. The van der Waals surface area contributed by atoms with Crippen molar-refractivity contribution in [2.24, 2.45) is 0 Å². The molecule has 0 aromatic heterocycles. The zero-order valence-corrected chi connectivity index (χ0v) is 12.5. The summed E-state index contributed by atoms with van der Waals surface area (Å²) in [4.78, 5) is 12.1. The Kier molecular flexibility index (Phi) is 4.45.